The number of nitrogens with one attached hydrogen (secondary N) is 2. The van der Waals surface area contributed by atoms with Crippen molar-refractivity contribution in [2.45, 2.75) is 17.0 Å². The summed E-state index contributed by atoms with van der Waals surface area (Å²) in [6.07, 6.45) is 0. The molecule has 0 radical (unpaired) electrons. The van der Waals surface area contributed by atoms with E-state index in [1.165, 1.54) is 19.1 Å². The molecular formula is C24H20N4O5S2. The molecule has 3 aromatic carbocycles. The number of carbonyl (C=O) groups is 2. The molecule has 4 rings (SSSR count). The Hall–Kier alpha value is -3.96. The van der Waals surface area contributed by atoms with Crippen LogP contribution in [0.15, 0.2) is 93.4 Å². The molecule has 0 saturated carbocycles. The zero-order valence-corrected chi connectivity index (χ0v) is 20.1. The van der Waals surface area contributed by atoms with Gasteiger partial charge in [-0.15, -0.1) is 10.2 Å². The molecule has 0 aliphatic carbocycles. The lowest BCUT2D eigenvalue weighted by molar-refractivity contribution is -0.114. The molecule has 0 aliphatic rings. The molecule has 11 heteroatoms. The fraction of sp³-hybridized carbons (Fsp3) is 0.0833. The van der Waals surface area contributed by atoms with Crippen LogP contribution in [0.5, 0.6) is 0 Å². The first kappa shape index (κ1) is 24.2. The smallest absolute Gasteiger partial charge is 0.277 e. The van der Waals surface area contributed by atoms with E-state index >= 15 is 0 Å². The minimum absolute atomic E-state index is 0.0985. The summed E-state index contributed by atoms with van der Waals surface area (Å²) in [6.45, 7) is 1.41. The number of rotatable bonds is 9. The Morgan fingerprint density at radius 1 is 0.886 bits per heavy atom. The maximum Gasteiger partial charge on any atom is 0.277 e. The number of benzene rings is 3. The van der Waals surface area contributed by atoms with Crippen molar-refractivity contribution in [2.75, 3.05) is 15.8 Å². The summed E-state index contributed by atoms with van der Waals surface area (Å²) in [4.78, 5) is 23.7. The van der Waals surface area contributed by atoms with Gasteiger partial charge >= 0.3 is 0 Å². The SMILES string of the molecule is CC(=O)Nc1ccc(C(=O)CSc2nnc(-c3ccc(NS(=O)(=O)c4ccccc4)cc3)o2)cc1. The van der Waals surface area contributed by atoms with E-state index < -0.39 is 10.0 Å². The molecule has 2 N–H and O–H groups in total. The van der Waals surface area contributed by atoms with Gasteiger partial charge in [0.15, 0.2) is 5.78 Å². The molecule has 4 aromatic rings. The number of hydrogen-bond donors (Lipinski definition) is 2. The first-order valence-electron chi connectivity index (χ1n) is 10.4. The van der Waals surface area contributed by atoms with E-state index in [0.717, 1.165) is 11.8 Å². The molecule has 0 saturated heterocycles. The van der Waals surface area contributed by atoms with E-state index in [-0.39, 0.29) is 33.5 Å². The zero-order valence-electron chi connectivity index (χ0n) is 18.5. The van der Waals surface area contributed by atoms with Crippen LogP contribution in [0.1, 0.15) is 17.3 Å². The molecule has 0 spiro atoms. The number of thioether (sulfide) groups is 1. The van der Waals surface area contributed by atoms with E-state index in [0.29, 0.717) is 22.5 Å². The molecule has 178 valence electrons. The van der Waals surface area contributed by atoms with E-state index in [1.54, 1.807) is 66.7 Å². The summed E-state index contributed by atoms with van der Waals surface area (Å²) in [5, 5.41) is 10.8. The van der Waals surface area contributed by atoms with Crippen LogP contribution in [-0.2, 0) is 14.8 Å². The molecule has 9 nitrogen and oxygen atoms in total. The van der Waals surface area contributed by atoms with E-state index in [1.807, 2.05) is 0 Å². The van der Waals surface area contributed by atoms with Crippen LogP contribution in [0.2, 0.25) is 0 Å². The number of sulfonamides is 1. The van der Waals surface area contributed by atoms with Crippen LogP contribution in [-0.4, -0.2) is 36.1 Å². The van der Waals surface area contributed by atoms with Gasteiger partial charge in [-0.3, -0.25) is 14.3 Å². The van der Waals surface area contributed by atoms with Crippen molar-refractivity contribution in [1.82, 2.24) is 10.2 Å². The average molecular weight is 509 g/mol. The van der Waals surface area contributed by atoms with Crippen LogP contribution < -0.4 is 10.0 Å². The van der Waals surface area contributed by atoms with Crippen LogP contribution in [0.3, 0.4) is 0 Å². The van der Waals surface area contributed by atoms with Gasteiger partial charge in [-0.1, -0.05) is 30.0 Å². The van der Waals surface area contributed by atoms with Crippen molar-refractivity contribution >= 4 is 44.9 Å². The Balaban J connectivity index is 1.35. The van der Waals surface area contributed by atoms with Gasteiger partial charge in [0.05, 0.1) is 10.6 Å². The lowest BCUT2D eigenvalue weighted by Crippen LogP contribution is -2.12. The second-order valence-corrected chi connectivity index (χ2v) is 9.95. The topological polar surface area (TPSA) is 131 Å². The van der Waals surface area contributed by atoms with Crippen molar-refractivity contribution in [3.05, 3.63) is 84.4 Å². The minimum Gasteiger partial charge on any atom is -0.411 e. The number of carbonyl (C=O) groups excluding carboxylic acids is 2. The van der Waals surface area contributed by atoms with Gasteiger partial charge < -0.3 is 9.73 Å². The molecule has 0 atom stereocenters. The highest BCUT2D eigenvalue weighted by Gasteiger charge is 2.15. The quantitative estimate of drug-likeness (QED) is 0.250. The van der Waals surface area contributed by atoms with E-state index in [2.05, 4.69) is 20.2 Å². The number of anilines is 2. The first-order chi connectivity index (χ1) is 16.8. The Morgan fingerprint density at radius 3 is 2.20 bits per heavy atom. The predicted octanol–water partition coefficient (Wildman–Crippen LogP) is 4.47. The molecular weight excluding hydrogens is 488 g/mol. The van der Waals surface area contributed by atoms with Gasteiger partial charge in [-0.2, -0.15) is 0 Å². The van der Waals surface area contributed by atoms with E-state index in [4.69, 9.17) is 4.42 Å². The van der Waals surface area contributed by atoms with Gasteiger partial charge in [-0.25, -0.2) is 8.42 Å². The standard InChI is InChI=1S/C24H20N4O5S2/c1-16(29)25-19-11-7-17(8-12-19)22(30)15-34-24-27-26-23(33-24)18-9-13-20(14-10-18)28-35(31,32)21-5-3-2-4-6-21/h2-14,28H,15H2,1H3,(H,25,29). The molecule has 0 aliphatic heterocycles. The monoisotopic (exact) mass is 508 g/mol. The van der Waals surface area contributed by atoms with Crippen molar-refractivity contribution in [1.29, 1.82) is 0 Å². The Morgan fingerprint density at radius 2 is 1.54 bits per heavy atom. The number of ketones is 1. The van der Waals surface area contributed by atoms with Gasteiger partial charge in [0.2, 0.25) is 11.8 Å². The van der Waals surface area contributed by atoms with Crippen molar-refractivity contribution in [3.63, 3.8) is 0 Å². The van der Waals surface area contributed by atoms with Crippen LogP contribution in [0.25, 0.3) is 11.5 Å². The highest BCUT2D eigenvalue weighted by atomic mass is 32.2. The number of aromatic nitrogens is 2. The maximum atomic E-state index is 12.4. The third-order valence-corrected chi connectivity index (χ3v) is 6.91. The van der Waals surface area contributed by atoms with Gasteiger partial charge in [0.25, 0.3) is 15.2 Å². The average Bonchev–Trinajstić information content (AvgIpc) is 3.32. The fourth-order valence-electron chi connectivity index (χ4n) is 3.03. The minimum atomic E-state index is -3.69. The Kier molecular flexibility index (Phi) is 7.28. The van der Waals surface area contributed by atoms with Gasteiger partial charge in [0.1, 0.15) is 0 Å². The number of Topliss-reactive ketones (excluding diaryl/α,β-unsaturated/α-hetero) is 1. The fourth-order valence-corrected chi connectivity index (χ4v) is 4.77. The van der Waals surface area contributed by atoms with Crippen molar-refractivity contribution < 1.29 is 22.4 Å². The summed E-state index contributed by atoms with van der Waals surface area (Å²) < 4.78 is 33.1. The Bertz CT molecular complexity index is 1440. The molecule has 1 aromatic heterocycles. The third kappa shape index (κ3) is 6.34. The number of hydrogen-bond acceptors (Lipinski definition) is 8. The summed E-state index contributed by atoms with van der Waals surface area (Å²) in [6, 6.07) is 21.2. The second-order valence-electron chi connectivity index (χ2n) is 7.34. The second kappa shape index (κ2) is 10.5. The number of nitrogens with zero attached hydrogens (tertiary/aromatic N) is 2. The lowest BCUT2D eigenvalue weighted by atomic mass is 10.1. The molecule has 1 amide bonds. The predicted molar refractivity (Wildman–Crippen MR) is 133 cm³/mol. The molecule has 35 heavy (non-hydrogen) atoms. The van der Waals surface area contributed by atoms with Crippen molar-refractivity contribution in [2.24, 2.45) is 0 Å². The summed E-state index contributed by atoms with van der Waals surface area (Å²) >= 11 is 1.11. The first-order valence-corrected chi connectivity index (χ1v) is 12.8. The highest BCUT2D eigenvalue weighted by Crippen LogP contribution is 2.26. The van der Waals surface area contributed by atoms with E-state index in [9.17, 15) is 18.0 Å². The summed E-state index contributed by atoms with van der Waals surface area (Å²) in [7, 11) is -3.69. The van der Waals surface area contributed by atoms with Crippen LogP contribution in [0.4, 0.5) is 11.4 Å². The lowest BCUT2D eigenvalue weighted by Gasteiger charge is -2.08. The normalized spacial score (nSPS) is 11.1. The van der Waals surface area contributed by atoms with Gasteiger partial charge in [0, 0.05) is 29.4 Å². The molecule has 1 heterocycles. The molecule has 0 fully saturated rings. The molecule has 0 bridgehead atoms. The highest BCUT2D eigenvalue weighted by molar-refractivity contribution is 7.99. The van der Waals surface area contributed by atoms with Gasteiger partial charge in [-0.05, 0) is 60.7 Å². The molecule has 0 unspecified atom stereocenters. The number of amides is 1. The zero-order chi connectivity index (χ0) is 24.8. The van der Waals surface area contributed by atoms with Crippen LogP contribution in [0, 0.1) is 0 Å². The Labute approximate surface area is 206 Å². The van der Waals surface area contributed by atoms with Crippen molar-refractivity contribution in [3.8, 4) is 11.5 Å². The maximum absolute atomic E-state index is 12.4. The largest absolute Gasteiger partial charge is 0.411 e. The third-order valence-electron chi connectivity index (χ3n) is 4.70. The summed E-state index contributed by atoms with van der Waals surface area (Å²) in [5.74, 6) is 0.0348. The van der Waals surface area contributed by atoms with Crippen LogP contribution >= 0.6 is 11.8 Å². The summed E-state index contributed by atoms with van der Waals surface area (Å²) in [5.41, 5.74) is 2.11.